The van der Waals surface area contributed by atoms with Gasteiger partial charge in [0.1, 0.15) is 0 Å². The number of carbonyl (C=O) groups excluding carboxylic acids is 1. The first kappa shape index (κ1) is 25.6. The maximum Gasteiger partial charge on any atom is 0.289 e. The molecule has 1 aliphatic heterocycles. The maximum absolute atomic E-state index is 12.4. The molecule has 0 saturated carbocycles. The van der Waals surface area contributed by atoms with Crippen molar-refractivity contribution in [1.29, 1.82) is 0 Å². The number of benzene rings is 1. The molecule has 1 amide bonds. The van der Waals surface area contributed by atoms with Gasteiger partial charge in [-0.2, -0.15) is 0 Å². The minimum absolute atomic E-state index is 0. The topological polar surface area (TPSA) is 104 Å². The highest BCUT2D eigenvalue weighted by atomic mass is 127. The highest BCUT2D eigenvalue weighted by Crippen LogP contribution is 2.14. The largest absolute Gasteiger partial charge is 0.459 e. The van der Waals surface area contributed by atoms with Crippen molar-refractivity contribution in [3.8, 4) is 0 Å². The molecule has 2 aromatic rings. The smallest absolute Gasteiger partial charge is 0.289 e. The standard InChI is InChI=1S/C22H29N5O4.HI/c1-2-23-22(24-12-4-3-6-18-8-10-19(11-9-18)27(29)30)26-15-13-25(14-16-26)21(28)20-7-5-17-31-20;/h5,7-11,17H,2-4,6,12-16H2,1H3,(H,23,24);1H. The first-order valence-corrected chi connectivity index (χ1v) is 10.7. The third kappa shape index (κ3) is 7.21. The number of amides is 1. The molecule has 9 nitrogen and oxygen atoms in total. The van der Waals surface area contributed by atoms with E-state index in [1.54, 1.807) is 24.3 Å². The molecule has 1 N–H and O–H groups in total. The highest BCUT2D eigenvalue weighted by molar-refractivity contribution is 14.0. The zero-order chi connectivity index (χ0) is 22.1. The van der Waals surface area contributed by atoms with Crippen LogP contribution in [0.2, 0.25) is 0 Å². The Morgan fingerprint density at radius 1 is 1.12 bits per heavy atom. The quantitative estimate of drug-likeness (QED) is 0.134. The molecule has 3 rings (SSSR count). The van der Waals surface area contributed by atoms with Gasteiger partial charge in [0, 0.05) is 51.4 Å². The molecular formula is C22H30IN5O4. The maximum atomic E-state index is 12.4. The summed E-state index contributed by atoms with van der Waals surface area (Å²) in [5.74, 6) is 1.18. The molecule has 174 valence electrons. The number of non-ortho nitro benzene ring substituents is 1. The number of piperazine rings is 1. The van der Waals surface area contributed by atoms with Crippen molar-refractivity contribution in [3.63, 3.8) is 0 Å². The Morgan fingerprint density at radius 3 is 2.41 bits per heavy atom. The lowest BCUT2D eigenvalue weighted by Crippen LogP contribution is -2.53. The van der Waals surface area contributed by atoms with E-state index in [1.807, 2.05) is 24.0 Å². The second kappa shape index (κ2) is 13.0. The molecule has 1 aliphatic rings. The number of guanidine groups is 1. The molecule has 10 heteroatoms. The number of unbranched alkanes of at least 4 members (excludes halogenated alkanes) is 1. The van der Waals surface area contributed by atoms with E-state index in [9.17, 15) is 14.9 Å². The molecule has 0 radical (unpaired) electrons. The molecule has 0 atom stereocenters. The molecule has 0 spiro atoms. The fraction of sp³-hybridized carbons (Fsp3) is 0.455. The normalized spacial score (nSPS) is 14.1. The zero-order valence-corrected chi connectivity index (χ0v) is 20.6. The van der Waals surface area contributed by atoms with Crippen molar-refractivity contribution < 1.29 is 14.1 Å². The van der Waals surface area contributed by atoms with Gasteiger partial charge in [0.15, 0.2) is 11.7 Å². The first-order chi connectivity index (χ1) is 15.1. The van der Waals surface area contributed by atoms with Crippen LogP contribution in [0.3, 0.4) is 0 Å². The van der Waals surface area contributed by atoms with Crippen molar-refractivity contribution in [2.45, 2.75) is 26.2 Å². The summed E-state index contributed by atoms with van der Waals surface area (Å²) in [5.41, 5.74) is 1.22. The molecule has 0 aliphatic carbocycles. The molecule has 32 heavy (non-hydrogen) atoms. The Labute approximate surface area is 205 Å². The number of aliphatic imine (C=N–C) groups is 1. The van der Waals surface area contributed by atoms with Gasteiger partial charge in [-0.3, -0.25) is 19.9 Å². The molecule has 0 bridgehead atoms. The van der Waals surface area contributed by atoms with Gasteiger partial charge in [0.05, 0.1) is 11.2 Å². The average molecular weight is 555 g/mol. The predicted octanol–water partition coefficient (Wildman–Crippen LogP) is 3.55. The van der Waals surface area contributed by atoms with E-state index in [2.05, 4.69) is 10.2 Å². The zero-order valence-electron chi connectivity index (χ0n) is 18.2. The molecular weight excluding hydrogens is 525 g/mol. The van der Waals surface area contributed by atoms with Gasteiger partial charge in [-0.1, -0.05) is 12.1 Å². The number of halogens is 1. The minimum Gasteiger partial charge on any atom is -0.459 e. The first-order valence-electron chi connectivity index (χ1n) is 10.7. The third-order valence-electron chi connectivity index (χ3n) is 5.22. The summed E-state index contributed by atoms with van der Waals surface area (Å²) < 4.78 is 5.21. The number of carbonyl (C=O) groups is 1. The third-order valence-corrected chi connectivity index (χ3v) is 5.22. The van der Waals surface area contributed by atoms with Crippen LogP contribution in [0.25, 0.3) is 0 Å². The molecule has 1 aromatic carbocycles. The summed E-state index contributed by atoms with van der Waals surface area (Å²) in [7, 11) is 0. The van der Waals surface area contributed by atoms with Crippen LogP contribution in [-0.4, -0.2) is 65.9 Å². The lowest BCUT2D eigenvalue weighted by molar-refractivity contribution is -0.384. The van der Waals surface area contributed by atoms with Crippen LogP contribution < -0.4 is 5.32 Å². The van der Waals surface area contributed by atoms with Crippen molar-refractivity contribution in [2.24, 2.45) is 4.99 Å². The van der Waals surface area contributed by atoms with Crippen LogP contribution in [0.4, 0.5) is 5.69 Å². The van der Waals surface area contributed by atoms with E-state index in [4.69, 9.17) is 9.41 Å². The summed E-state index contributed by atoms with van der Waals surface area (Å²) in [6.45, 7) is 6.24. The van der Waals surface area contributed by atoms with Crippen molar-refractivity contribution >= 4 is 41.5 Å². The molecule has 2 heterocycles. The minimum atomic E-state index is -0.381. The van der Waals surface area contributed by atoms with Gasteiger partial charge in [0.25, 0.3) is 11.6 Å². The van der Waals surface area contributed by atoms with Gasteiger partial charge >= 0.3 is 0 Å². The summed E-state index contributed by atoms with van der Waals surface area (Å²) in [6.07, 6.45) is 4.29. The van der Waals surface area contributed by atoms with Gasteiger partial charge < -0.3 is 19.5 Å². The molecule has 0 unspecified atom stereocenters. The van der Waals surface area contributed by atoms with Crippen LogP contribution in [0.5, 0.6) is 0 Å². The van der Waals surface area contributed by atoms with E-state index in [0.29, 0.717) is 25.4 Å². The Morgan fingerprint density at radius 2 is 1.81 bits per heavy atom. The van der Waals surface area contributed by atoms with E-state index >= 15 is 0 Å². The summed E-state index contributed by atoms with van der Waals surface area (Å²) in [5, 5.41) is 14.1. The Hall–Kier alpha value is -2.63. The van der Waals surface area contributed by atoms with Gasteiger partial charge in [-0.25, -0.2) is 0 Å². The van der Waals surface area contributed by atoms with Crippen molar-refractivity contribution in [3.05, 3.63) is 64.1 Å². The monoisotopic (exact) mass is 555 g/mol. The number of hydrogen-bond acceptors (Lipinski definition) is 5. The SMILES string of the molecule is CCNC(=NCCCCc1ccc([N+](=O)[O-])cc1)N1CCN(C(=O)c2ccco2)CC1.I. The van der Waals surface area contributed by atoms with Crippen LogP contribution >= 0.6 is 24.0 Å². The second-order valence-electron chi connectivity index (χ2n) is 7.37. The fourth-order valence-electron chi connectivity index (χ4n) is 3.51. The summed E-state index contributed by atoms with van der Waals surface area (Å²) >= 11 is 0. The number of furan rings is 1. The van der Waals surface area contributed by atoms with Crippen LogP contribution in [0.1, 0.15) is 35.9 Å². The number of nitrogens with zero attached hydrogens (tertiary/aromatic N) is 4. The summed E-state index contributed by atoms with van der Waals surface area (Å²) in [6, 6.07) is 10.1. The molecule has 1 saturated heterocycles. The number of nitrogens with one attached hydrogen (secondary N) is 1. The van der Waals surface area contributed by atoms with Crippen molar-refractivity contribution in [1.82, 2.24) is 15.1 Å². The number of hydrogen-bond donors (Lipinski definition) is 1. The Bertz CT molecular complexity index is 878. The van der Waals surface area contributed by atoms with Crippen molar-refractivity contribution in [2.75, 3.05) is 39.3 Å². The van der Waals surface area contributed by atoms with E-state index in [-0.39, 0.29) is 40.5 Å². The summed E-state index contributed by atoms with van der Waals surface area (Å²) in [4.78, 5) is 31.5. The lowest BCUT2D eigenvalue weighted by Gasteiger charge is -2.36. The second-order valence-corrected chi connectivity index (χ2v) is 7.37. The van der Waals surface area contributed by atoms with E-state index in [1.165, 1.54) is 6.26 Å². The number of rotatable bonds is 8. The Kier molecular flexibility index (Phi) is 10.4. The van der Waals surface area contributed by atoms with Gasteiger partial charge in [0.2, 0.25) is 0 Å². The number of nitro benzene ring substituents is 1. The van der Waals surface area contributed by atoms with E-state index in [0.717, 1.165) is 50.4 Å². The van der Waals surface area contributed by atoms with Crippen LogP contribution in [0.15, 0.2) is 52.1 Å². The number of nitro groups is 1. The van der Waals surface area contributed by atoms with Crippen LogP contribution in [-0.2, 0) is 6.42 Å². The van der Waals surface area contributed by atoms with Gasteiger partial charge in [-0.15, -0.1) is 24.0 Å². The lowest BCUT2D eigenvalue weighted by atomic mass is 10.1. The van der Waals surface area contributed by atoms with Crippen LogP contribution in [0, 0.1) is 10.1 Å². The Balaban J connectivity index is 0.00000363. The highest BCUT2D eigenvalue weighted by Gasteiger charge is 2.25. The number of aryl methyl sites for hydroxylation is 1. The predicted molar refractivity (Wildman–Crippen MR) is 134 cm³/mol. The fourth-order valence-corrected chi connectivity index (χ4v) is 3.51. The molecule has 1 fully saturated rings. The van der Waals surface area contributed by atoms with Gasteiger partial charge in [-0.05, 0) is 43.9 Å². The van der Waals surface area contributed by atoms with E-state index < -0.39 is 0 Å². The molecule has 1 aromatic heterocycles. The average Bonchev–Trinajstić information content (AvgIpc) is 3.33.